The zero-order chi connectivity index (χ0) is 43.7. The minimum absolute atomic E-state index is 0.411. The molecule has 0 radical (unpaired) electrons. The van der Waals surface area contributed by atoms with E-state index in [0.717, 1.165) is 12.8 Å². The Morgan fingerprint density at radius 3 is 1.19 bits per heavy atom. The van der Waals surface area contributed by atoms with Crippen molar-refractivity contribution in [2.75, 3.05) is 0 Å². The van der Waals surface area contributed by atoms with Gasteiger partial charge in [0.2, 0.25) is 0 Å². The first-order valence-electron chi connectivity index (χ1n) is 24.4. The average Bonchev–Trinajstić information content (AvgIpc) is 3.96. The van der Waals surface area contributed by atoms with Crippen LogP contribution in [0.2, 0.25) is 9.45 Å². The van der Waals surface area contributed by atoms with E-state index >= 15 is 0 Å². The predicted molar refractivity (Wildman–Crippen MR) is 280 cm³/mol. The summed E-state index contributed by atoms with van der Waals surface area (Å²) in [6, 6.07) is 71.2. The van der Waals surface area contributed by atoms with Crippen LogP contribution >= 0.6 is 0 Å². The number of allylic oxidation sites excluding steroid dienone is 2. The van der Waals surface area contributed by atoms with Gasteiger partial charge in [0.05, 0.1) is 0 Å². The molecule has 2 unspecified atom stereocenters. The standard InChI is InChI=1S/2C21H17.C12H11Si.2C4H9.Ti/c2*1-2-15-13-17-9-6-12-20(21(17)14-15)19-11-5-8-16-7-3-4-10-18(16)19;1-3-7-11(8-4-1)13-12-9-5-2-6-10-12;2*1-3-4-2;/h2*3-14H,2H2,1H3;1-10,13H;2*1,3-4H2,2H3;. The van der Waals surface area contributed by atoms with Gasteiger partial charge in [-0.3, -0.25) is 0 Å². The molecule has 8 aromatic rings. The third kappa shape index (κ3) is 6.81. The second-order valence-electron chi connectivity index (χ2n) is 19.1. The number of hydrogen-bond acceptors (Lipinski definition) is 0. The van der Waals surface area contributed by atoms with Crippen LogP contribution in [0.3, 0.4) is 0 Å². The molecule has 0 saturated heterocycles. The molecule has 0 heterocycles. The molecule has 0 bridgehead atoms. The third-order valence-corrected chi connectivity index (χ3v) is 46.5. The summed E-state index contributed by atoms with van der Waals surface area (Å²) < 4.78 is 3.53. The second kappa shape index (κ2) is 17.9. The second-order valence-corrected chi connectivity index (χ2v) is 39.7. The zero-order valence-corrected chi connectivity index (χ0v) is 41.1. The average molecular weight is 884 g/mol. The first-order chi connectivity index (χ1) is 31.6. The van der Waals surface area contributed by atoms with Crippen LogP contribution in [0.25, 0.3) is 56.0 Å². The van der Waals surface area contributed by atoms with E-state index in [1.165, 1.54) is 90.1 Å². The molecule has 0 saturated carbocycles. The van der Waals surface area contributed by atoms with E-state index in [9.17, 15) is 0 Å². The third-order valence-electron chi connectivity index (χ3n) is 16.0. The molecule has 0 fully saturated rings. The molecule has 0 aromatic heterocycles. The minimum atomic E-state index is -4.43. The SMILES string of the molecule is CCC[CH2][Ti]([CH2]CCC)([CH]1C(CC)=Cc2c(-c3cccc4ccccc34)cccc21)([CH]1C(CC)=Cc2c(-c3cccc4ccccc34)cccc21)[SiH](c1ccccc1)c1ccccc1. The van der Waals surface area contributed by atoms with E-state index in [1.54, 1.807) is 32.6 Å². The van der Waals surface area contributed by atoms with Crippen molar-refractivity contribution in [3.05, 3.63) is 215 Å². The van der Waals surface area contributed by atoms with E-state index in [-0.39, 0.29) is 0 Å². The summed E-state index contributed by atoms with van der Waals surface area (Å²) >= 11 is -4.43. The van der Waals surface area contributed by atoms with Gasteiger partial charge in [0, 0.05) is 0 Å². The number of hydrogen-bond donors (Lipinski definition) is 0. The maximum atomic E-state index is 2.75. The Labute approximate surface area is 384 Å². The van der Waals surface area contributed by atoms with Crippen molar-refractivity contribution >= 4 is 50.7 Å². The Morgan fingerprint density at radius 1 is 0.391 bits per heavy atom. The fourth-order valence-electron chi connectivity index (χ4n) is 13.7. The first-order valence-corrected chi connectivity index (χ1v) is 32.9. The first kappa shape index (κ1) is 42.6. The van der Waals surface area contributed by atoms with Gasteiger partial charge in [0.25, 0.3) is 0 Å². The molecule has 2 aliphatic carbocycles. The van der Waals surface area contributed by atoms with Crippen LogP contribution < -0.4 is 10.4 Å². The monoisotopic (exact) mass is 883 g/mol. The van der Waals surface area contributed by atoms with Crippen molar-refractivity contribution in [3.63, 3.8) is 0 Å². The van der Waals surface area contributed by atoms with E-state index in [0.29, 0.717) is 8.45 Å². The predicted octanol–water partition coefficient (Wildman–Crippen LogP) is 16.4. The Balaban J connectivity index is 1.36. The molecule has 319 valence electrons. The molecule has 0 amide bonds. The Hall–Kier alpha value is -5.31. The van der Waals surface area contributed by atoms with E-state index in [1.807, 2.05) is 0 Å². The molecule has 64 heavy (non-hydrogen) atoms. The van der Waals surface area contributed by atoms with Crippen LogP contribution in [0.4, 0.5) is 0 Å². The summed E-state index contributed by atoms with van der Waals surface area (Å²) in [5.41, 5.74) is 15.1. The van der Waals surface area contributed by atoms with Crippen LogP contribution in [0.5, 0.6) is 0 Å². The Kier molecular flexibility index (Phi) is 11.9. The van der Waals surface area contributed by atoms with E-state index < -0.39 is 21.2 Å². The van der Waals surface area contributed by atoms with Gasteiger partial charge in [-0.2, -0.15) is 0 Å². The van der Waals surface area contributed by atoms with E-state index in [2.05, 4.69) is 222 Å². The van der Waals surface area contributed by atoms with Crippen molar-refractivity contribution in [2.24, 2.45) is 0 Å². The summed E-state index contributed by atoms with van der Waals surface area (Å²) in [6.07, 6.45) is 12.6. The van der Waals surface area contributed by atoms with Gasteiger partial charge in [-0.15, -0.1) is 0 Å². The van der Waals surface area contributed by atoms with Gasteiger partial charge in [-0.25, -0.2) is 0 Å². The van der Waals surface area contributed by atoms with Crippen molar-refractivity contribution in [2.45, 2.75) is 84.1 Å². The molecule has 2 aliphatic rings. The quantitative estimate of drug-likeness (QED) is 0.0900. The molecule has 0 nitrogen and oxygen atoms in total. The zero-order valence-electron chi connectivity index (χ0n) is 38.4. The number of rotatable bonds is 15. The Morgan fingerprint density at radius 2 is 0.766 bits per heavy atom. The molecule has 0 N–H and O–H groups in total. The molecular formula is C62H63SiTi. The van der Waals surface area contributed by atoms with Crippen LogP contribution in [0.1, 0.15) is 96.9 Å². The van der Waals surface area contributed by atoms with Gasteiger partial charge in [0.15, 0.2) is 0 Å². The summed E-state index contributed by atoms with van der Waals surface area (Å²) in [7, 11) is 0. The summed E-state index contributed by atoms with van der Waals surface area (Å²) in [4.78, 5) is 0. The summed E-state index contributed by atoms with van der Waals surface area (Å²) in [6.45, 7) is 7.84. The number of benzene rings is 8. The summed E-state index contributed by atoms with van der Waals surface area (Å²) in [5.74, 6) is 0. The van der Waals surface area contributed by atoms with Crippen LogP contribution in [0.15, 0.2) is 193 Å². The number of unbranched alkanes of at least 4 members (excludes halogenated alkanes) is 2. The van der Waals surface area contributed by atoms with E-state index in [4.69, 9.17) is 0 Å². The molecule has 2 heteroatoms. The van der Waals surface area contributed by atoms with Crippen LogP contribution in [-0.4, -0.2) is 6.66 Å². The molecule has 2 atom stereocenters. The number of fused-ring (bicyclic) bond motifs is 4. The molecule has 0 spiro atoms. The normalized spacial score (nSPS) is 16.4. The topological polar surface area (TPSA) is 0 Å². The molecular weight excluding hydrogens is 821 g/mol. The van der Waals surface area contributed by atoms with Crippen molar-refractivity contribution < 1.29 is 14.6 Å². The molecule has 0 aliphatic heterocycles. The maximum absolute atomic E-state index is 4.43. The van der Waals surface area contributed by atoms with Crippen LogP contribution in [0, 0.1) is 0 Å². The Bertz CT molecular complexity index is 2820. The fourth-order valence-corrected chi connectivity index (χ4v) is 52.5. The van der Waals surface area contributed by atoms with Gasteiger partial charge in [-0.1, -0.05) is 0 Å². The van der Waals surface area contributed by atoms with Gasteiger partial charge in [-0.05, 0) is 0 Å². The van der Waals surface area contributed by atoms with Crippen LogP contribution in [-0.2, 0) is 14.6 Å². The van der Waals surface area contributed by atoms with Gasteiger partial charge in [0.1, 0.15) is 0 Å². The van der Waals surface area contributed by atoms with Crippen molar-refractivity contribution in [3.8, 4) is 22.3 Å². The molecule has 8 aromatic carbocycles. The van der Waals surface area contributed by atoms with Crippen molar-refractivity contribution in [1.29, 1.82) is 0 Å². The fraction of sp³-hybridized carbons (Fsp3) is 0.226. The summed E-state index contributed by atoms with van der Waals surface area (Å²) in [5, 5.41) is 8.61. The van der Waals surface area contributed by atoms with Crippen molar-refractivity contribution in [1.82, 2.24) is 0 Å². The molecule has 10 rings (SSSR count). The van der Waals surface area contributed by atoms with Gasteiger partial charge < -0.3 is 0 Å². The van der Waals surface area contributed by atoms with Gasteiger partial charge >= 0.3 is 387 Å².